The Morgan fingerprint density at radius 1 is 1.17 bits per heavy atom. The van der Waals surface area contributed by atoms with Crippen LogP contribution in [-0.2, 0) is 4.79 Å². The van der Waals surface area contributed by atoms with Gasteiger partial charge in [-0.05, 0) is 62.3 Å². The van der Waals surface area contributed by atoms with Crippen LogP contribution in [0, 0.1) is 17.2 Å². The summed E-state index contributed by atoms with van der Waals surface area (Å²) < 4.78 is 19.2. The van der Waals surface area contributed by atoms with E-state index in [1.54, 1.807) is 42.5 Å². The van der Waals surface area contributed by atoms with Crippen molar-refractivity contribution in [1.29, 1.82) is 0 Å². The lowest BCUT2D eigenvalue weighted by molar-refractivity contribution is -0.121. The summed E-state index contributed by atoms with van der Waals surface area (Å²) in [6, 6.07) is 13.2. The maximum Gasteiger partial charge on any atom is 0.227 e. The molecule has 1 fully saturated rings. The van der Waals surface area contributed by atoms with Crippen molar-refractivity contribution < 1.29 is 19.0 Å². The summed E-state index contributed by atoms with van der Waals surface area (Å²) in [4.78, 5) is 14.9. The number of hydrogen-bond acceptors (Lipinski definition) is 4. The van der Waals surface area contributed by atoms with Crippen LogP contribution in [0.1, 0.15) is 26.7 Å². The Morgan fingerprint density at radius 3 is 2.45 bits per heavy atom. The number of nitrogens with zero attached hydrogens (tertiary/aromatic N) is 1. The topological polar surface area (TPSA) is 61.8 Å². The van der Waals surface area contributed by atoms with E-state index in [0.29, 0.717) is 11.4 Å². The number of aliphatic hydroxyl groups excluding tert-OH is 1. The van der Waals surface area contributed by atoms with Crippen molar-refractivity contribution in [3.63, 3.8) is 0 Å². The van der Waals surface area contributed by atoms with Crippen molar-refractivity contribution in [3.8, 4) is 11.5 Å². The van der Waals surface area contributed by atoms with Gasteiger partial charge >= 0.3 is 0 Å². The number of amides is 1. The number of benzene rings is 2. The number of nitrogens with one attached hydrogen (secondary N) is 1. The van der Waals surface area contributed by atoms with Gasteiger partial charge in [-0.1, -0.05) is 26.0 Å². The van der Waals surface area contributed by atoms with E-state index in [0.717, 1.165) is 32.5 Å². The Kier molecular flexibility index (Phi) is 6.87. The second-order valence-corrected chi connectivity index (χ2v) is 8.42. The number of aliphatic hydroxyl groups is 1. The van der Waals surface area contributed by atoms with Crippen molar-refractivity contribution in [2.45, 2.75) is 26.7 Å². The fourth-order valence-corrected chi connectivity index (χ4v) is 3.51. The first-order valence-electron chi connectivity index (χ1n) is 10.0. The summed E-state index contributed by atoms with van der Waals surface area (Å²) in [6.07, 6.45) is 1.61. The van der Waals surface area contributed by atoms with Crippen molar-refractivity contribution in [1.82, 2.24) is 4.90 Å². The molecule has 2 N–H and O–H groups in total. The van der Waals surface area contributed by atoms with Crippen molar-refractivity contribution in [3.05, 3.63) is 54.3 Å². The molecule has 1 aliphatic heterocycles. The highest BCUT2D eigenvalue weighted by molar-refractivity contribution is 5.92. The van der Waals surface area contributed by atoms with E-state index < -0.39 is 5.82 Å². The molecule has 156 valence electrons. The molecule has 1 saturated heterocycles. The number of rotatable bonds is 7. The number of hydrogen-bond donors (Lipinski definition) is 2. The Bertz CT molecular complexity index is 815. The van der Waals surface area contributed by atoms with Crippen molar-refractivity contribution >= 4 is 11.6 Å². The van der Waals surface area contributed by atoms with Gasteiger partial charge in [-0.15, -0.1) is 0 Å². The molecular formula is C23H29FN2O3. The molecule has 3 rings (SSSR count). The summed E-state index contributed by atoms with van der Waals surface area (Å²) in [5, 5.41) is 12.4. The zero-order valence-electron chi connectivity index (χ0n) is 17.0. The molecule has 1 aliphatic rings. The molecule has 1 heterocycles. The van der Waals surface area contributed by atoms with Gasteiger partial charge in [0.1, 0.15) is 5.75 Å². The summed E-state index contributed by atoms with van der Waals surface area (Å²) in [5.74, 6) is 0.263. The van der Waals surface area contributed by atoms with Crippen LogP contribution in [0.15, 0.2) is 48.5 Å². The third-order valence-electron chi connectivity index (χ3n) is 5.22. The predicted molar refractivity (Wildman–Crippen MR) is 112 cm³/mol. The largest absolute Gasteiger partial charge is 0.454 e. The third-order valence-corrected chi connectivity index (χ3v) is 5.22. The molecule has 0 spiro atoms. The molecule has 5 nitrogen and oxygen atoms in total. The first kappa shape index (κ1) is 21.3. The predicted octanol–water partition coefficient (Wildman–Crippen LogP) is 4.29. The van der Waals surface area contributed by atoms with Crippen LogP contribution in [0.2, 0.25) is 0 Å². The molecular weight excluding hydrogens is 371 g/mol. The molecule has 0 aromatic heterocycles. The first-order chi connectivity index (χ1) is 13.9. The Labute approximate surface area is 171 Å². The number of carbonyl (C=O) groups is 1. The van der Waals surface area contributed by atoms with E-state index in [1.807, 2.05) is 13.8 Å². The molecule has 2 aromatic carbocycles. The fourth-order valence-electron chi connectivity index (χ4n) is 3.51. The Balaban J connectivity index is 1.49. The minimum Gasteiger partial charge on any atom is -0.454 e. The van der Waals surface area contributed by atoms with Crippen molar-refractivity contribution in [2.75, 3.05) is 31.6 Å². The molecule has 0 atom stereocenters. The summed E-state index contributed by atoms with van der Waals surface area (Å²) in [7, 11) is 0. The molecule has 0 saturated carbocycles. The Hall–Kier alpha value is -2.44. The second-order valence-electron chi connectivity index (χ2n) is 8.42. The van der Waals surface area contributed by atoms with E-state index in [9.17, 15) is 14.3 Å². The molecule has 1 amide bonds. The van der Waals surface area contributed by atoms with Crippen LogP contribution in [0.4, 0.5) is 10.1 Å². The molecule has 6 heteroatoms. The summed E-state index contributed by atoms with van der Waals surface area (Å²) in [5.41, 5.74) is 0.571. The monoisotopic (exact) mass is 400 g/mol. The van der Waals surface area contributed by atoms with E-state index in [2.05, 4.69) is 10.2 Å². The number of piperidine rings is 1. The standard InChI is InChI=1S/C23H29FN2O3/c1-23(2,16-27)15-26-13-11-17(12-14-26)22(28)25-18-7-9-19(10-8-18)29-21-6-4-3-5-20(21)24/h3-10,17,27H,11-16H2,1-2H3,(H,25,28). The Morgan fingerprint density at radius 2 is 1.83 bits per heavy atom. The number of likely N-dealkylation sites (tertiary alicyclic amines) is 1. The summed E-state index contributed by atoms with van der Waals surface area (Å²) in [6.45, 7) is 6.80. The van der Waals surface area contributed by atoms with Gasteiger partial charge < -0.3 is 20.1 Å². The van der Waals surface area contributed by atoms with Gasteiger partial charge in [-0.2, -0.15) is 0 Å². The maximum absolute atomic E-state index is 13.7. The quantitative estimate of drug-likeness (QED) is 0.728. The van der Waals surface area contributed by atoms with E-state index >= 15 is 0 Å². The van der Waals surface area contributed by atoms with Crippen LogP contribution >= 0.6 is 0 Å². The first-order valence-corrected chi connectivity index (χ1v) is 10.0. The highest BCUT2D eigenvalue weighted by Gasteiger charge is 2.28. The van der Waals surface area contributed by atoms with Gasteiger partial charge in [0.25, 0.3) is 0 Å². The molecule has 2 aromatic rings. The summed E-state index contributed by atoms with van der Waals surface area (Å²) >= 11 is 0. The van der Waals surface area contributed by atoms with Gasteiger partial charge in [0.2, 0.25) is 5.91 Å². The van der Waals surface area contributed by atoms with Gasteiger partial charge in [-0.25, -0.2) is 4.39 Å². The molecule has 0 radical (unpaired) electrons. The highest BCUT2D eigenvalue weighted by Crippen LogP contribution is 2.26. The zero-order valence-corrected chi connectivity index (χ0v) is 17.0. The van der Waals surface area contributed by atoms with Crippen molar-refractivity contribution in [2.24, 2.45) is 11.3 Å². The van der Waals surface area contributed by atoms with Gasteiger partial charge in [0.05, 0.1) is 0 Å². The van der Waals surface area contributed by atoms with Crippen LogP contribution in [0.25, 0.3) is 0 Å². The zero-order chi connectivity index (χ0) is 20.9. The van der Waals surface area contributed by atoms with Crippen LogP contribution in [-0.4, -0.2) is 42.2 Å². The minimum atomic E-state index is -0.418. The SMILES string of the molecule is CC(C)(CO)CN1CCC(C(=O)Nc2ccc(Oc3ccccc3F)cc2)CC1. The number of carbonyl (C=O) groups excluding carboxylic acids is 1. The second kappa shape index (κ2) is 9.37. The van der Waals surface area contributed by atoms with Gasteiger partial charge in [0.15, 0.2) is 11.6 Å². The van der Waals surface area contributed by atoms with E-state index in [1.165, 1.54) is 6.07 Å². The smallest absolute Gasteiger partial charge is 0.227 e. The van der Waals surface area contributed by atoms with E-state index in [4.69, 9.17) is 4.74 Å². The normalized spacial score (nSPS) is 15.9. The number of para-hydroxylation sites is 1. The average molecular weight is 400 g/mol. The molecule has 0 bridgehead atoms. The van der Waals surface area contributed by atoms with Gasteiger partial charge in [-0.3, -0.25) is 4.79 Å². The van der Waals surface area contributed by atoms with Crippen LogP contribution in [0.5, 0.6) is 11.5 Å². The molecule has 0 aliphatic carbocycles. The third kappa shape index (κ3) is 6.02. The minimum absolute atomic E-state index is 0.0159. The average Bonchev–Trinajstić information content (AvgIpc) is 2.71. The number of ether oxygens (including phenoxy) is 1. The fraction of sp³-hybridized carbons (Fsp3) is 0.435. The van der Waals surface area contributed by atoms with Crippen LogP contribution < -0.4 is 10.1 Å². The lowest BCUT2D eigenvalue weighted by atomic mass is 9.90. The molecule has 0 unspecified atom stereocenters. The van der Waals surface area contributed by atoms with Crippen LogP contribution in [0.3, 0.4) is 0 Å². The molecule has 29 heavy (non-hydrogen) atoms. The lowest BCUT2D eigenvalue weighted by Crippen LogP contribution is -2.43. The van der Waals surface area contributed by atoms with E-state index in [-0.39, 0.29) is 29.6 Å². The van der Waals surface area contributed by atoms with Gasteiger partial charge in [0, 0.05) is 30.2 Å². The lowest BCUT2D eigenvalue weighted by Gasteiger charge is -2.36. The number of halogens is 1. The highest BCUT2D eigenvalue weighted by atomic mass is 19.1. The maximum atomic E-state index is 13.7. The number of anilines is 1.